The van der Waals surface area contributed by atoms with Crippen molar-refractivity contribution in [3.05, 3.63) is 63.8 Å². The number of methoxy groups -OCH3 is 1. The van der Waals surface area contributed by atoms with Gasteiger partial charge >= 0.3 is 0 Å². The molecule has 170 valence electrons. The van der Waals surface area contributed by atoms with Crippen molar-refractivity contribution >= 4 is 17.0 Å². The van der Waals surface area contributed by atoms with Crippen LogP contribution >= 0.6 is 0 Å². The summed E-state index contributed by atoms with van der Waals surface area (Å²) >= 11 is 0. The van der Waals surface area contributed by atoms with Crippen molar-refractivity contribution in [2.75, 3.05) is 12.4 Å². The minimum atomic E-state index is -0.272. The van der Waals surface area contributed by atoms with Gasteiger partial charge in [0.15, 0.2) is 11.5 Å². The molecule has 1 atom stereocenters. The third-order valence-corrected chi connectivity index (χ3v) is 6.14. The first-order chi connectivity index (χ1) is 16.0. The number of fused-ring (bicyclic) bond motifs is 1. The number of aryl methyl sites for hydroxylation is 2. The number of benzene rings is 1. The highest BCUT2D eigenvalue weighted by molar-refractivity contribution is 5.78. The molecule has 0 aliphatic heterocycles. The maximum Gasteiger partial charge on any atom is 0.295 e. The van der Waals surface area contributed by atoms with Gasteiger partial charge in [-0.2, -0.15) is 0 Å². The topological polar surface area (TPSA) is 95.1 Å². The molecule has 5 rings (SSSR count). The second-order valence-corrected chi connectivity index (χ2v) is 8.46. The predicted molar refractivity (Wildman–Crippen MR) is 127 cm³/mol. The molecule has 0 saturated heterocycles. The molecule has 0 spiro atoms. The number of para-hydroxylation sites is 1. The summed E-state index contributed by atoms with van der Waals surface area (Å²) < 4.78 is 12.7. The van der Waals surface area contributed by atoms with Crippen LogP contribution in [0.3, 0.4) is 0 Å². The van der Waals surface area contributed by atoms with Gasteiger partial charge in [-0.25, -0.2) is 9.97 Å². The van der Waals surface area contributed by atoms with Crippen molar-refractivity contribution in [3.63, 3.8) is 0 Å². The van der Waals surface area contributed by atoms with E-state index in [1.54, 1.807) is 11.7 Å². The fraction of sp³-hybridized carbons (Fsp3) is 0.360. The molecular weight excluding hydrogens is 418 g/mol. The summed E-state index contributed by atoms with van der Waals surface area (Å²) in [6.07, 6.45) is 2.78. The molecule has 0 bridgehead atoms. The Morgan fingerprint density at radius 1 is 1.18 bits per heavy atom. The highest BCUT2D eigenvalue weighted by atomic mass is 16.5. The van der Waals surface area contributed by atoms with Crippen LogP contribution in [0.5, 0.6) is 5.75 Å². The quantitative estimate of drug-likeness (QED) is 0.442. The number of pyridine rings is 1. The van der Waals surface area contributed by atoms with E-state index >= 15 is 0 Å². The highest BCUT2D eigenvalue weighted by Crippen LogP contribution is 2.33. The SMILES string of the molecule is CC[C@@H](c1ccccc1OC)n1c(=O)c(NC2CC2)nc2ccc(-c3c(C)noc3C)nc21. The van der Waals surface area contributed by atoms with Crippen LogP contribution in [0.25, 0.3) is 22.4 Å². The van der Waals surface area contributed by atoms with Crippen molar-refractivity contribution in [3.8, 4) is 17.0 Å². The molecule has 0 radical (unpaired) electrons. The second kappa shape index (κ2) is 8.35. The first-order valence-electron chi connectivity index (χ1n) is 11.3. The highest BCUT2D eigenvalue weighted by Gasteiger charge is 2.27. The molecule has 3 heterocycles. The molecule has 4 aromatic rings. The Hall–Kier alpha value is -3.68. The van der Waals surface area contributed by atoms with E-state index in [9.17, 15) is 4.79 Å². The van der Waals surface area contributed by atoms with Crippen LogP contribution in [0.2, 0.25) is 0 Å². The van der Waals surface area contributed by atoms with E-state index in [2.05, 4.69) is 22.4 Å². The molecule has 1 aromatic carbocycles. The number of hydrogen-bond acceptors (Lipinski definition) is 7. The van der Waals surface area contributed by atoms with Crippen LogP contribution in [-0.4, -0.2) is 32.8 Å². The Kier molecular flexibility index (Phi) is 5.36. The molecular formula is C25H27N5O3. The van der Waals surface area contributed by atoms with Gasteiger partial charge in [-0.05, 0) is 51.3 Å². The van der Waals surface area contributed by atoms with E-state index in [0.717, 1.165) is 35.4 Å². The van der Waals surface area contributed by atoms with Gasteiger partial charge in [-0.1, -0.05) is 30.3 Å². The maximum absolute atomic E-state index is 13.8. The van der Waals surface area contributed by atoms with Crippen LogP contribution in [-0.2, 0) is 0 Å². The molecule has 0 amide bonds. The number of nitrogens with zero attached hydrogens (tertiary/aromatic N) is 4. The fourth-order valence-electron chi connectivity index (χ4n) is 4.36. The third kappa shape index (κ3) is 3.75. The molecule has 1 N–H and O–H groups in total. The first-order valence-corrected chi connectivity index (χ1v) is 11.3. The van der Waals surface area contributed by atoms with E-state index in [4.69, 9.17) is 14.2 Å². The molecule has 3 aromatic heterocycles. The summed E-state index contributed by atoms with van der Waals surface area (Å²) in [4.78, 5) is 23.4. The summed E-state index contributed by atoms with van der Waals surface area (Å²) in [7, 11) is 1.65. The van der Waals surface area contributed by atoms with Crippen molar-refractivity contribution in [1.29, 1.82) is 0 Å². The third-order valence-electron chi connectivity index (χ3n) is 6.14. The number of hydrogen-bond donors (Lipinski definition) is 1. The second-order valence-electron chi connectivity index (χ2n) is 8.46. The number of anilines is 1. The van der Waals surface area contributed by atoms with Crippen molar-refractivity contribution < 1.29 is 9.26 Å². The lowest BCUT2D eigenvalue weighted by molar-refractivity contribution is 0.393. The molecule has 1 aliphatic rings. The lowest BCUT2D eigenvalue weighted by Gasteiger charge is -2.23. The van der Waals surface area contributed by atoms with Crippen LogP contribution in [0, 0.1) is 13.8 Å². The van der Waals surface area contributed by atoms with Crippen molar-refractivity contribution in [2.24, 2.45) is 0 Å². The van der Waals surface area contributed by atoms with Gasteiger partial charge in [0.2, 0.25) is 0 Å². The van der Waals surface area contributed by atoms with Gasteiger partial charge < -0.3 is 14.6 Å². The van der Waals surface area contributed by atoms with Gasteiger partial charge in [-0.15, -0.1) is 0 Å². The molecule has 1 aliphatic carbocycles. The van der Waals surface area contributed by atoms with Gasteiger partial charge in [0.25, 0.3) is 5.56 Å². The van der Waals surface area contributed by atoms with Crippen LogP contribution in [0.1, 0.15) is 49.2 Å². The number of aromatic nitrogens is 4. The zero-order chi connectivity index (χ0) is 23.1. The van der Waals surface area contributed by atoms with Crippen molar-refractivity contribution in [1.82, 2.24) is 19.7 Å². The summed E-state index contributed by atoms with van der Waals surface area (Å²) in [6.45, 7) is 5.80. The summed E-state index contributed by atoms with van der Waals surface area (Å²) in [6, 6.07) is 11.6. The zero-order valence-electron chi connectivity index (χ0n) is 19.3. The number of rotatable bonds is 7. The molecule has 1 saturated carbocycles. The average molecular weight is 446 g/mol. The number of nitrogens with one attached hydrogen (secondary N) is 1. The van der Waals surface area contributed by atoms with E-state index in [-0.39, 0.29) is 11.6 Å². The Balaban J connectivity index is 1.78. The first kappa shape index (κ1) is 21.2. The normalized spacial score (nSPS) is 14.4. The van der Waals surface area contributed by atoms with Crippen LogP contribution < -0.4 is 15.6 Å². The lowest BCUT2D eigenvalue weighted by atomic mass is 10.0. The van der Waals surface area contributed by atoms with Crippen LogP contribution in [0.4, 0.5) is 5.82 Å². The largest absolute Gasteiger partial charge is 0.496 e. The van der Waals surface area contributed by atoms with E-state index in [1.807, 2.05) is 50.2 Å². The van der Waals surface area contributed by atoms with Crippen LogP contribution in [0.15, 0.2) is 45.7 Å². The Morgan fingerprint density at radius 3 is 2.64 bits per heavy atom. The maximum atomic E-state index is 13.8. The van der Waals surface area contributed by atoms with Gasteiger partial charge in [0.05, 0.1) is 30.1 Å². The standard InChI is InChI=1S/C25H27N5O3/c1-5-20(17-8-6-7-9-21(17)32-4)30-24-19(27-23(25(30)31)26-16-10-11-16)13-12-18(28-24)22-14(2)29-33-15(22)3/h6-9,12-13,16,20H,5,10-11H2,1-4H3,(H,26,27)/t20-/m0/s1. The monoisotopic (exact) mass is 445 g/mol. The fourth-order valence-corrected chi connectivity index (χ4v) is 4.36. The average Bonchev–Trinajstić information content (AvgIpc) is 3.58. The Morgan fingerprint density at radius 2 is 1.97 bits per heavy atom. The minimum absolute atomic E-state index is 0.185. The zero-order valence-corrected chi connectivity index (χ0v) is 19.3. The van der Waals surface area contributed by atoms with Gasteiger partial charge in [0, 0.05) is 11.6 Å². The van der Waals surface area contributed by atoms with Gasteiger partial charge in [-0.3, -0.25) is 9.36 Å². The molecule has 8 heteroatoms. The van der Waals surface area contributed by atoms with Gasteiger partial charge in [0.1, 0.15) is 17.0 Å². The van der Waals surface area contributed by atoms with E-state index in [1.165, 1.54) is 0 Å². The van der Waals surface area contributed by atoms with E-state index in [0.29, 0.717) is 40.9 Å². The molecule has 1 fully saturated rings. The summed E-state index contributed by atoms with van der Waals surface area (Å²) in [5, 5.41) is 7.37. The van der Waals surface area contributed by atoms with E-state index < -0.39 is 0 Å². The minimum Gasteiger partial charge on any atom is -0.496 e. The summed E-state index contributed by atoms with van der Waals surface area (Å²) in [5.41, 5.74) is 4.21. The smallest absolute Gasteiger partial charge is 0.295 e. The Labute approximate surface area is 191 Å². The summed E-state index contributed by atoms with van der Waals surface area (Å²) in [5.74, 6) is 1.79. The molecule has 8 nitrogen and oxygen atoms in total. The predicted octanol–water partition coefficient (Wildman–Crippen LogP) is 4.65. The molecule has 0 unspecified atom stereocenters. The Bertz CT molecular complexity index is 1370. The van der Waals surface area contributed by atoms with Crippen molar-refractivity contribution in [2.45, 2.75) is 52.1 Å². The molecule has 33 heavy (non-hydrogen) atoms. The number of ether oxygens (including phenoxy) is 1. The lowest BCUT2D eigenvalue weighted by Crippen LogP contribution is -2.30.